The maximum absolute atomic E-state index is 13.6. The Morgan fingerprint density at radius 2 is 1.86 bits per heavy atom. The van der Waals surface area contributed by atoms with Crippen molar-refractivity contribution in [2.24, 2.45) is 17.8 Å². The number of hydrogen-bond donors (Lipinski definition) is 1. The Hall–Kier alpha value is -4.90. The number of benzene rings is 2. The Kier molecular flexibility index (Phi) is 9.02. The van der Waals surface area contributed by atoms with Crippen LogP contribution in [0.1, 0.15) is 58.2 Å². The third-order valence-electron chi connectivity index (χ3n) is 10.5. The van der Waals surface area contributed by atoms with Crippen LogP contribution in [0.2, 0.25) is 0 Å². The minimum absolute atomic E-state index is 0.00520. The molecular weight excluding hydrogens is 626 g/mol. The predicted octanol–water partition coefficient (Wildman–Crippen LogP) is 5.38. The van der Waals surface area contributed by atoms with E-state index in [1.165, 1.54) is 36.9 Å². The van der Waals surface area contributed by atoms with Crippen LogP contribution in [0.3, 0.4) is 0 Å². The number of methoxy groups -OCH3 is 3. The summed E-state index contributed by atoms with van der Waals surface area (Å²) in [4.78, 5) is 49.9. The minimum Gasteiger partial charge on any atom is -0.497 e. The van der Waals surface area contributed by atoms with Crippen molar-refractivity contribution in [3.8, 4) is 17.2 Å². The van der Waals surface area contributed by atoms with Gasteiger partial charge in [-0.2, -0.15) is 0 Å². The first-order valence-corrected chi connectivity index (χ1v) is 16.8. The van der Waals surface area contributed by atoms with Gasteiger partial charge in [0.1, 0.15) is 11.9 Å². The molecule has 11 nitrogen and oxygen atoms in total. The van der Waals surface area contributed by atoms with Gasteiger partial charge in [-0.05, 0) is 92.0 Å². The molecule has 0 radical (unpaired) electrons. The van der Waals surface area contributed by atoms with Crippen LogP contribution in [-0.4, -0.2) is 73.3 Å². The number of aromatic amines is 1. The van der Waals surface area contributed by atoms with Crippen LogP contribution in [-0.2, 0) is 31.9 Å². The highest BCUT2D eigenvalue weighted by Crippen LogP contribution is 2.50. The van der Waals surface area contributed by atoms with Crippen LogP contribution in [0.4, 0.5) is 0 Å². The van der Waals surface area contributed by atoms with Crippen LogP contribution >= 0.6 is 0 Å². The zero-order chi connectivity index (χ0) is 34.2. The average molecular weight is 668 g/mol. The monoisotopic (exact) mass is 667 g/mol. The fourth-order valence-corrected chi connectivity index (χ4v) is 8.22. The molecular formula is C38H41N3O8. The van der Waals surface area contributed by atoms with E-state index < -0.39 is 24.0 Å². The lowest BCUT2D eigenvalue weighted by Gasteiger charge is -2.51. The number of nitrogens with one attached hydrogen (secondary N) is 1. The molecule has 5 atom stereocenters. The van der Waals surface area contributed by atoms with Crippen LogP contribution in [0, 0.1) is 24.7 Å². The number of carbonyl (C=O) groups is 3. The molecule has 49 heavy (non-hydrogen) atoms. The molecule has 1 saturated carbocycles. The summed E-state index contributed by atoms with van der Waals surface area (Å²) >= 11 is 0. The van der Waals surface area contributed by atoms with E-state index in [4.69, 9.17) is 23.7 Å². The largest absolute Gasteiger partial charge is 0.497 e. The Bertz CT molecular complexity index is 1890. The maximum atomic E-state index is 13.6. The number of aromatic nitrogens is 2. The summed E-state index contributed by atoms with van der Waals surface area (Å²) < 4.78 is 28.0. The van der Waals surface area contributed by atoms with Crippen molar-refractivity contribution in [2.75, 3.05) is 34.4 Å². The van der Waals surface area contributed by atoms with Gasteiger partial charge < -0.3 is 28.7 Å². The van der Waals surface area contributed by atoms with E-state index in [0.29, 0.717) is 24.1 Å². The summed E-state index contributed by atoms with van der Waals surface area (Å²) in [5, 5.41) is 1.22. The first-order valence-electron chi connectivity index (χ1n) is 16.8. The second-order valence-electron chi connectivity index (χ2n) is 13.3. The van der Waals surface area contributed by atoms with Crippen molar-refractivity contribution in [1.29, 1.82) is 0 Å². The van der Waals surface area contributed by atoms with E-state index in [9.17, 15) is 14.4 Å². The fraction of sp³-hybridized carbons (Fsp3) is 0.421. The van der Waals surface area contributed by atoms with Gasteiger partial charge in [-0.3, -0.25) is 19.5 Å². The molecule has 3 aliphatic rings. The molecule has 0 bridgehead atoms. The molecule has 1 aliphatic carbocycles. The van der Waals surface area contributed by atoms with E-state index in [-0.39, 0.29) is 47.3 Å². The molecule has 4 heterocycles. The highest BCUT2D eigenvalue weighted by molar-refractivity contribution is 5.91. The highest BCUT2D eigenvalue weighted by Gasteiger charge is 2.49. The lowest BCUT2D eigenvalue weighted by Crippen LogP contribution is -2.52. The van der Waals surface area contributed by atoms with Crippen molar-refractivity contribution < 1.29 is 38.1 Å². The second-order valence-corrected chi connectivity index (χ2v) is 13.3. The van der Waals surface area contributed by atoms with Gasteiger partial charge in [0, 0.05) is 41.9 Å². The Labute approximate surface area is 284 Å². The first kappa shape index (κ1) is 32.6. The molecule has 5 unspecified atom stereocenters. The molecule has 0 spiro atoms. The van der Waals surface area contributed by atoms with Gasteiger partial charge in [0.15, 0.2) is 11.5 Å². The predicted molar refractivity (Wildman–Crippen MR) is 180 cm³/mol. The molecule has 1 saturated heterocycles. The number of pyridine rings is 1. The van der Waals surface area contributed by atoms with Gasteiger partial charge in [-0.1, -0.05) is 6.07 Å². The van der Waals surface area contributed by atoms with Crippen molar-refractivity contribution in [1.82, 2.24) is 14.9 Å². The number of nitrogens with zero attached hydrogens (tertiary/aromatic N) is 2. The van der Waals surface area contributed by atoms with E-state index in [1.54, 1.807) is 44.5 Å². The Balaban J connectivity index is 1.07. The molecule has 2 aromatic carbocycles. The zero-order valence-electron chi connectivity index (χ0n) is 28.2. The smallest absolute Gasteiger partial charge is 0.338 e. The summed E-state index contributed by atoms with van der Waals surface area (Å²) in [6, 6.07) is 14.8. The number of aryl methyl sites for hydroxylation is 1. The molecule has 2 fully saturated rings. The van der Waals surface area contributed by atoms with Crippen LogP contribution < -0.4 is 14.2 Å². The number of hydrogen-bond acceptors (Lipinski definition) is 10. The Morgan fingerprint density at radius 1 is 1.00 bits per heavy atom. The van der Waals surface area contributed by atoms with Crippen LogP contribution in [0.15, 0.2) is 54.7 Å². The highest BCUT2D eigenvalue weighted by atomic mass is 16.6. The average Bonchev–Trinajstić information content (AvgIpc) is 3.49. The number of piperidine rings is 1. The van der Waals surface area contributed by atoms with Gasteiger partial charge in [-0.25, -0.2) is 4.79 Å². The van der Waals surface area contributed by atoms with Crippen molar-refractivity contribution in [3.05, 3.63) is 82.8 Å². The topological polar surface area (TPSA) is 129 Å². The fourth-order valence-electron chi connectivity index (χ4n) is 8.22. The standard InChI is InChI=1S/C38H41N3O8/c1-21-13-22(15-33(46-3)36(21)49-34(42)16-24-7-5-6-11-39-24)37(43)48-26-14-23-20-41-12-10-28-27-9-8-25(45-2)18-31(27)40-35(28)32(41)19-29(23)30(17-26)38(44)47-4/h5-9,11,13,15,18,23,26,29-30,32,40H,10,12,14,16-17,19-20H2,1-4H3. The normalized spacial score (nSPS) is 23.1. The Morgan fingerprint density at radius 3 is 2.61 bits per heavy atom. The summed E-state index contributed by atoms with van der Waals surface area (Å²) in [6.07, 6.45) is 3.95. The van der Waals surface area contributed by atoms with Crippen molar-refractivity contribution >= 4 is 28.8 Å². The molecule has 1 N–H and O–H groups in total. The maximum Gasteiger partial charge on any atom is 0.338 e. The summed E-state index contributed by atoms with van der Waals surface area (Å²) in [7, 11) is 4.55. The van der Waals surface area contributed by atoms with E-state index in [1.807, 2.05) is 12.1 Å². The summed E-state index contributed by atoms with van der Waals surface area (Å²) in [5.41, 5.74) is 5.04. The first-order chi connectivity index (χ1) is 23.8. The lowest BCUT2D eigenvalue weighted by molar-refractivity contribution is -0.155. The van der Waals surface area contributed by atoms with Gasteiger partial charge >= 0.3 is 17.9 Å². The summed E-state index contributed by atoms with van der Waals surface area (Å²) in [6.45, 7) is 3.47. The number of fused-ring (bicyclic) bond motifs is 6. The van der Waals surface area contributed by atoms with Gasteiger partial charge in [-0.15, -0.1) is 0 Å². The molecule has 11 heteroatoms. The third kappa shape index (κ3) is 6.35. The quantitative estimate of drug-likeness (QED) is 0.193. The minimum atomic E-state index is -0.523. The van der Waals surface area contributed by atoms with E-state index >= 15 is 0 Å². The van der Waals surface area contributed by atoms with Gasteiger partial charge in [0.25, 0.3) is 0 Å². The second kappa shape index (κ2) is 13.5. The molecule has 256 valence electrons. The van der Waals surface area contributed by atoms with E-state index in [2.05, 4.69) is 20.9 Å². The molecule has 0 amide bonds. The van der Waals surface area contributed by atoms with Crippen molar-refractivity contribution in [3.63, 3.8) is 0 Å². The number of carbonyl (C=O) groups excluding carboxylic acids is 3. The number of esters is 3. The molecule has 4 aromatic rings. The SMILES string of the molecule is COC(=O)C1CC(OC(=O)c2cc(C)c(OC(=O)Cc3ccccn3)c(OC)c2)CC2CN3CCc4c([nH]c5cc(OC)ccc45)C3CC21. The van der Waals surface area contributed by atoms with Crippen LogP contribution in [0.5, 0.6) is 17.2 Å². The third-order valence-corrected chi connectivity index (χ3v) is 10.5. The van der Waals surface area contributed by atoms with Crippen molar-refractivity contribution in [2.45, 2.75) is 51.2 Å². The number of rotatable bonds is 8. The van der Waals surface area contributed by atoms with Gasteiger partial charge in [0.2, 0.25) is 0 Å². The zero-order valence-corrected chi connectivity index (χ0v) is 28.2. The molecule has 7 rings (SSSR count). The van der Waals surface area contributed by atoms with E-state index in [0.717, 1.165) is 37.2 Å². The van der Waals surface area contributed by atoms with Gasteiger partial charge in [0.05, 0.1) is 51.0 Å². The molecule has 2 aromatic heterocycles. The molecule has 2 aliphatic heterocycles. The summed E-state index contributed by atoms with van der Waals surface area (Å²) in [5.74, 6) is -0.123. The van der Waals surface area contributed by atoms with Crippen LogP contribution in [0.25, 0.3) is 10.9 Å². The number of ether oxygens (including phenoxy) is 5. The number of H-pyrrole nitrogens is 1. The lowest BCUT2D eigenvalue weighted by atomic mass is 9.65.